The number of amides is 1. The van der Waals surface area contributed by atoms with Gasteiger partial charge < -0.3 is 20.1 Å². The van der Waals surface area contributed by atoms with E-state index in [1.807, 2.05) is 0 Å². The van der Waals surface area contributed by atoms with E-state index in [0.717, 1.165) is 0 Å². The fourth-order valence-corrected chi connectivity index (χ4v) is 2.85. The minimum Gasteiger partial charge on any atom is -0.396 e. The third-order valence-electron chi connectivity index (χ3n) is 2.98. The Bertz CT molecular complexity index is 608. The van der Waals surface area contributed by atoms with Gasteiger partial charge in [0, 0.05) is 39.7 Å². The van der Waals surface area contributed by atoms with Crippen LogP contribution in [0.1, 0.15) is 9.67 Å². The molecule has 0 spiro atoms. The molecule has 0 fully saturated rings. The maximum atomic E-state index is 12.6. The van der Waals surface area contributed by atoms with E-state index in [-0.39, 0.29) is 5.91 Å². The van der Waals surface area contributed by atoms with Gasteiger partial charge >= 0.3 is 0 Å². The molecule has 0 radical (unpaired) electrons. The number of aromatic nitrogens is 2. The molecule has 1 amide bonds. The number of methoxy groups -OCH3 is 2. The lowest BCUT2D eigenvalue weighted by atomic mass is 10.3. The van der Waals surface area contributed by atoms with Crippen molar-refractivity contribution in [2.24, 2.45) is 0 Å². The molecule has 0 atom stereocenters. The minimum absolute atomic E-state index is 0.147. The molecule has 21 heavy (non-hydrogen) atoms. The standard InChI is InChI=1S/C13H18N4O3S/c1-19-7-5-17(6-8-20-2)13(18)11-9(14)10-12(21-11)16-4-3-15-10/h3-4H,5-8,14H2,1-2H3. The molecular weight excluding hydrogens is 292 g/mol. The number of anilines is 1. The Labute approximate surface area is 126 Å². The molecule has 2 aromatic heterocycles. The molecule has 0 aromatic carbocycles. The summed E-state index contributed by atoms with van der Waals surface area (Å²) in [5.41, 5.74) is 6.99. The molecule has 0 unspecified atom stereocenters. The fraction of sp³-hybridized carbons (Fsp3) is 0.462. The number of carbonyl (C=O) groups excluding carboxylic acids is 1. The van der Waals surface area contributed by atoms with Crippen molar-refractivity contribution in [3.05, 3.63) is 17.3 Å². The molecule has 7 nitrogen and oxygen atoms in total. The number of carbonyl (C=O) groups is 1. The van der Waals surface area contributed by atoms with E-state index in [0.29, 0.717) is 47.2 Å². The number of nitrogens with two attached hydrogens (primary N) is 1. The third kappa shape index (κ3) is 3.46. The van der Waals surface area contributed by atoms with Gasteiger partial charge in [-0.1, -0.05) is 0 Å². The molecule has 0 saturated carbocycles. The van der Waals surface area contributed by atoms with Crippen LogP contribution < -0.4 is 5.73 Å². The Morgan fingerprint density at radius 2 is 1.86 bits per heavy atom. The van der Waals surface area contributed by atoms with Crippen molar-refractivity contribution < 1.29 is 14.3 Å². The first-order valence-electron chi connectivity index (χ1n) is 6.45. The largest absolute Gasteiger partial charge is 0.396 e. The zero-order valence-electron chi connectivity index (χ0n) is 12.0. The zero-order valence-corrected chi connectivity index (χ0v) is 12.9. The van der Waals surface area contributed by atoms with Gasteiger partial charge in [-0.15, -0.1) is 11.3 Å². The molecule has 2 rings (SSSR count). The van der Waals surface area contributed by atoms with Gasteiger partial charge in [-0.25, -0.2) is 9.97 Å². The van der Waals surface area contributed by atoms with Crippen LogP contribution in [0.25, 0.3) is 10.3 Å². The number of hydrogen-bond acceptors (Lipinski definition) is 7. The quantitative estimate of drug-likeness (QED) is 0.820. The van der Waals surface area contributed by atoms with Gasteiger partial charge in [-0.2, -0.15) is 0 Å². The summed E-state index contributed by atoms with van der Waals surface area (Å²) in [6.07, 6.45) is 3.15. The van der Waals surface area contributed by atoms with Crippen LogP contribution in [0.4, 0.5) is 5.69 Å². The fourth-order valence-electron chi connectivity index (χ4n) is 1.86. The van der Waals surface area contributed by atoms with Gasteiger partial charge in [0.2, 0.25) is 0 Å². The number of nitrogen functional groups attached to an aromatic ring is 1. The van der Waals surface area contributed by atoms with E-state index >= 15 is 0 Å². The van der Waals surface area contributed by atoms with Crippen molar-refractivity contribution in [1.82, 2.24) is 14.9 Å². The Morgan fingerprint density at radius 1 is 1.24 bits per heavy atom. The number of rotatable bonds is 7. The molecule has 0 aliphatic rings. The summed E-state index contributed by atoms with van der Waals surface area (Å²) in [5.74, 6) is -0.147. The maximum absolute atomic E-state index is 12.6. The lowest BCUT2D eigenvalue weighted by molar-refractivity contribution is 0.0633. The zero-order chi connectivity index (χ0) is 15.2. The summed E-state index contributed by atoms with van der Waals surface area (Å²) in [5, 5.41) is 0. The first-order valence-corrected chi connectivity index (χ1v) is 7.26. The molecule has 0 aliphatic carbocycles. The van der Waals surface area contributed by atoms with Gasteiger partial charge in [0.15, 0.2) is 0 Å². The Morgan fingerprint density at radius 3 is 2.43 bits per heavy atom. The summed E-state index contributed by atoms with van der Waals surface area (Å²) >= 11 is 1.26. The number of hydrogen-bond donors (Lipinski definition) is 1. The third-order valence-corrected chi connectivity index (χ3v) is 4.07. The second-order valence-electron chi connectivity index (χ2n) is 4.33. The highest BCUT2D eigenvalue weighted by Crippen LogP contribution is 2.31. The summed E-state index contributed by atoms with van der Waals surface area (Å²) in [4.78, 5) is 23.8. The Kier molecular flexibility index (Phi) is 5.43. The van der Waals surface area contributed by atoms with Crippen LogP contribution in [0.15, 0.2) is 12.4 Å². The summed E-state index contributed by atoms with van der Waals surface area (Å²) in [6, 6.07) is 0. The van der Waals surface area contributed by atoms with Gasteiger partial charge in [-0.3, -0.25) is 4.79 Å². The predicted octanol–water partition coefficient (Wildman–Crippen LogP) is 1.01. The van der Waals surface area contributed by atoms with Crippen LogP contribution in [0.3, 0.4) is 0 Å². The maximum Gasteiger partial charge on any atom is 0.266 e. The van der Waals surface area contributed by atoms with Gasteiger partial charge in [0.1, 0.15) is 15.2 Å². The van der Waals surface area contributed by atoms with E-state index in [1.54, 1.807) is 31.5 Å². The van der Waals surface area contributed by atoms with Crippen molar-refractivity contribution in [3.63, 3.8) is 0 Å². The lowest BCUT2D eigenvalue weighted by Gasteiger charge is -2.21. The molecular formula is C13H18N4O3S. The van der Waals surface area contributed by atoms with E-state index in [4.69, 9.17) is 15.2 Å². The lowest BCUT2D eigenvalue weighted by Crippen LogP contribution is -2.36. The molecule has 0 bridgehead atoms. The summed E-state index contributed by atoms with van der Waals surface area (Å²) in [6.45, 7) is 1.87. The van der Waals surface area contributed by atoms with Crippen molar-refractivity contribution in [2.75, 3.05) is 46.3 Å². The minimum atomic E-state index is -0.147. The topological polar surface area (TPSA) is 90.6 Å². The molecule has 2 heterocycles. The number of fused-ring (bicyclic) bond motifs is 1. The highest BCUT2D eigenvalue weighted by molar-refractivity contribution is 7.21. The smallest absolute Gasteiger partial charge is 0.266 e. The SMILES string of the molecule is COCCN(CCOC)C(=O)c1sc2nccnc2c1N. The second kappa shape index (κ2) is 7.30. The highest BCUT2D eigenvalue weighted by atomic mass is 32.1. The predicted molar refractivity (Wildman–Crippen MR) is 81.5 cm³/mol. The molecule has 8 heteroatoms. The van der Waals surface area contributed by atoms with Crippen LogP contribution >= 0.6 is 11.3 Å². The Hall–Kier alpha value is -1.77. The average Bonchev–Trinajstić information content (AvgIpc) is 2.84. The molecule has 0 saturated heterocycles. The summed E-state index contributed by atoms with van der Waals surface area (Å²) < 4.78 is 10.1. The number of nitrogens with zero attached hydrogens (tertiary/aromatic N) is 3. The van der Waals surface area contributed by atoms with Crippen LogP contribution in [0, 0.1) is 0 Å². The second-order valence-corrected chi connectivity index (χ2v) is 5.33. The van der Waals surface area contributed by atoms with Crippen LogP contribution in [-0.2, 0) is 9.47 Å². The van der Waals surface area contributed by atoms with Gasteiger partial charge in [0.25, 0.3) is 5.91 Å². The van der Waals surface area contributed by atoms with E-state index in [1.165, 1.54) is 11.3 Å². The summed E-state index contributed by atoms with van der Waals surface area (Å²) in [7, 11) is 3.20. The van der Waals surface area contributed by atoms with Crippen molar-refractivity contribution in [2.45, 2.75) is 0 Å². The average molecular weight is 310 g/mol. The first kappa shape index (κ1) is 15.6. The monoisotopic (exact) mass is 310 g/mol. The molecule has 114 valence electrons. The van der Waals surface area contributed by atoms with Gasteiger partial charge in [0.05, 0.1) is 18.9 Å². The van der Waals surface area contributed by atoms with E-state index in [2.05, 4.69) is 9.97 Å². The number of thiophene rings is 1. The first-order chi connectivity index (χ1) is 10.2. The molecule has 2 aromatic rings. The molecule has 2 N–H and O–H groups in total. The van der Waals surface area contributed by atoms with Crippen molar-refractivity contribution in [1.29, 1.82) is 0 Å². The van der Waals surface area contributed by atoms with Crippen LogP contribution in [-0.4, -0.2) is 61.3 Å². The highest BCUT2D eigenvalue weighted by Gasteiger charge is 2.22. The number of ether oxygens (including phenoxy) is 2. The van der Waals surface area contributed by atoms with E-state index < -0.39 is 0 Å². The van der Waals surface area contributed by atoms with Crippen LogP contribution in [0.2, 0.25) is 0 Å². The van der Waals surface area contributed by atoms with Crippen molar-refractivity contribution >= 4 is 33.3 Å². The van der Waals surface area contributed by atoms with E-state index in [9.17, 15) is 4.79 Å². The molecule has 0 aliphatic heterocycles. The Balaban J connectivity index is 2.26. The van der Waals surface area contributed by atoms with Crippen molar-refractivity contribution in [3.8, 4) is 0 Å². The van der Waals surface area contributed by atoms with Crippen LogP contribution in [0.5, 0.6) is 0 Å². The normalized spacial score (nSPS) is 11.0. The van der Waals surface area contributed by atoms with Gasteiger partial charge in [-0.05, 0) is 0 Å².